The van der Waals surface area contributed by atoms with Crippen LogP contribution in [0.2, 0.25) is 0 Å². The second-order valence-electron chi connectivity index (χ2n) is 7.46. The lowest BCUT2D eigenvalue weighted by atomic mass is 9.82. The van der Waals surface area contributed by atoms with Gasteiger partial charge in [-0.1, -0.05) is 19.8 Å². The molecule has 140 valence electrons. The number of aliphatic imine (C=N–C) groups is 1. The van der Waals surface area contributed by atoms with E-state index in [1.807, 2.05) is 0 Å². The second-order valence-corrected chi connectivity index (χ2v) is 7.46. The Hall–Kier alpha value is -0.530. The van der Waals surface area contributed by atoms with Crippen LogP contribution < -0.4 is 11.1 Å². The van der Waals surface area contributed by atoms with E-state index in [1.165, 1.54) is 25.7 Å². The molecule has 0 aromatic heterocycles. The molecule has 1 saturated heterocycles. The Morgan fingerprint density at radius 2 is 2.00 bits per heavy atom. The van der Waals surface area contributed by atoms with Gasteiger partial charge in [0.15, 0.2) is 5.96 Å². The zero-order chi connectivity index (χ0) is 16.7. The van der Waals surface area contributed by atoms with Crippen molar-refractivity contribution in [3.05, 3.63) is 0 Å². The number of nitrogens with one attached hydrogen (secondary N) is 1. The zero-order valence-electron chi connectivity index (χ0n) is 15.3. The molecule has 2 fully saturated rings. The van der Waals surface area contributed by atoms with Crippen LogP contribution in [0, 0.1) is 17.8 Å². The van der Waals surface area contributed by atoms with Crippen LogP contribution >= 0.6 is 24.0 Å². The molecule has 1 heterocycles. The predicted octanol–water partition coefficient (Wildman–Crippen LogP) is 2.98. The van der Waals surface area contributed by atoms with E-state index in [-0.39, 0.29) is 29.9 Å². The summed E-state index contributed by atoms with van der Waals surface area (Å²) in [6.45, 7) is 8.22. The van der Waals surface area contributed by atoms with Gasteiger partial charge in [-0.3, -0.25) is 9.79 Å². The molecular weight excluding hydrogens is 415 g/mol. The fourth-order valence-electron chi connectivity index (χ4n) is 4.08. The normalized spacial score (nSPS) is 28.2. The van der Waals surface area contributed by atoms with E-state index >= 15 is 0 Å². The first-order chi connectivity index (χ1) is 11.1. The van der Waals surface area contributed by atoms with Gasteiger partial charge < -0.3 is 16.0 Å². The van der Waals surface area contributed by atoms with Crippen LogP contribution in [-0.2, 0) is 4.79 Å². The largest absolute Gasteiger partial charge is 0.370 e. The zero-order valence-corrected chi connectivity index (χ0v) is 17.6. The van der Waals surface area contributed by atoms with Gasteiger partial charge in [-0.15, -0.1) is 24.0 Å². The van der Waals surface area contributed by atoms with Crippen LogP contribution in [0.4, 0.5) is 0 Å². The maximum Gasteiger partial charge on any atom is 0.217 e. The quantitative estimate of drug-likeness (QED) is 0.385. The van der Waals surface area contributed by atoms with E-state index < -0.39 is 0 Å². The molecule has 0 aromatic carbocycles. The van der Waals surface area contributed by atoms with Gasteiger partial charge in [-0.05, 0) is 50.4 Å². The molecule has 2 rings (SSSR count). The van der Waals surface area contributed by atoms with Gasteiger partial charge in [-0.25, -0.2) is 0 Å². The molecule has 0 radical (unpaired) electrons. The fourth-order valence-corrected chi connectivity index (χ4v) is 4.08. The summed E-state index contributed by atoms with van der Waals surface area (Å²) in [4.78, 5) is 18.4. The minimum absolute atomic E-state index is 0. The summed E-state index contributed by atoms with van der Waals surface area (Å²) in [6.07, 6.45) is 8.06. The second kappa shape index (κ2) is 11.2. The first kappa shape index (κ1) is 21.5. The molecule has 0 aromatic rings. The van der Waals surface area contributed by atoms with Gasteiger partial charge in [0, 0.05) is 32.6 Å². The van der Waals surface area contributed by atoms with Crippen LogP contribution in [0.3, 0.4) is 0 Å². The Morgan fingerprint density at radius 3 is 2.67 bits per heavy atom. The van der Waals surface area contributed by atoms with Crippen molar-refractivity contribution in [1.29, 1.82) is 0 Å². The number of nitrogens with two attached hydrogens (primary N) is 1. The number of carbonyl (C=O) groups is 1. The highest BCUT2D eigenvalue weighted by Gasteiger charge is 2.24. The number of halogens is 1. The summed E-state index contributed by atoms with van der Waals surface area (Å²) < 4.78 is 0. The van der Waals surface area contributed by atoms with Crippen LogP contribution in [0.15, 0.2) is 4.99 Å². The third-order valence-electron chi connectivity index (χ3n) is 5.19. The molecule has 1 amide bonds. The molecule has 2 aliphatic rings. The Balaban J connectivity index is 0.00000288. The van der Waals surface area contributed by atoms with E-state index in [0.29, 0.717) is 12.3 Å². The van der Waals surface area contributed by atoms with E-state index in [1.54, 1.807) is 0 Å². The predicted molar refractivity (Wildman–Crippen MR) is 111 cm³/mol. The molecule has 0 spiro atoms. The van der Waals surface area contributed by atoms with Gasteiger partial charge in [0.2, 0.25) is 5.91 Å². The van der Waals surface area contributed by atoms with E-state index in [4.69, 9.17) is 10.7 Å². The van der Waals surface area contributed by atoms with Crippen molar-refractivity contribution >= 4 is 35.8 Å². The highest BCUT2D eigenvalue weighted by atomic mass is 127. The first-order valence-corrected chi connectivity index (χ1v) is 9.40. The number of amides is 1. The van der Waals surface area contributed by atoms with Gasteiger partial charge in [0.25, 0.3) is 0 Å². The maximum absolute atomic E-state index is 11.2. The van der Waals surface area contributed by atoms with Gasteiger partial charge >= 0.3 is 0 Å². The summed E-state index contributed by atoms with van der Waals surface area (Å²) in [5.74, 6) is 2.80. The standard InChI is InChI=1S/C18H34N4O.HI/c1-3-20-18(21-12-15-7-4-6-14(2)10-15)22-9-5-8-16(13-22)11-17(19)23;/h14-16H,3-13H2,1-2H3,(H2,19,23)(H,20,21);1H. The van der Waals surface area contributed by atoms with Crippen molar-refractivity contribution in [2.24, 2.45) is 28.5 Å². The number of hydrogen-bond acceptors (Lipinski definition) is 2. The highest BCUT2D eigenvalue weighted by molar-refractivity contribution is 14.0. The number of rotatable bonds is 5. The molecule has 5 nitrogen and oxygen atoms in total. The Bertz CT molecular complexity index is 416. The summed E-state index contributed by atoms with van der Waals surface area (Å²) in [7, 11) is 0. The first-order valence-electron chi connectivity index (χ1n) is 9.40. The average molecular weight is 450 g/mol. The molecular formula is C18H35IN4O. The van der Waals surface area contributed by atoms with Crippen LogP contribution in [-0.4, -0.2) is 42.9 Å². The summed E-state index contributed by atoms with van der Waals surface area (Å²) >= 11 is 0. The van der Waals surface area contributed by atoms with Crippen molar-refractivity contribution in [2.45, 2.75) is 58.8 Å². The number of nitrogens with zero attached hydrogens (tertiary/aromatic N) is 2. The molecule has 1 aliphatic heterocycles. The molecule has 6 heteroatoms. The number of likely N-dealkylation sites (tertiary alicyclic amines) is 1. The third kappa shape index (κ3) is 7.15. The Kier molecular flexibility index (Phi) is 10.0. The summed E-state index contributed by atoms with van der Waals surface area (Å²) in [5, 5.41) is 3.44. The van der Waals surface area contributed by atoms with Crippen molar-refractivity contribution in [2.75, 3.05) is 26.2 Å². The maximum atomic E-state index is 11.2. The lowest BCUT2D eigenvalue weighted by molar-refractivity contribution is -0.119. The molecule has 3 N–H and O–H groups in total. The van der Waals surface area contributed by atoms with E-state index in [9.17, 15) is 4.79 Å². The molecule has 3 atom stereocenters. The van der Waals surface area contributed by atoms with Crippen LogP contribution in [0.25, 0.3) is 0 Å². The monoisotopic (exact) mass is 450 g/mol. The lowest BCUT2D eigenvalue weighted by Crippen LogP contribution is -2.47. The van der Waals surface area contributed by atoms with E-state index in [2.05, 4.69) is 24.1 Å². The highest BCUT2D eigenvalue weighted by Crippen LogP contribution is 2.28. The SMILES string of the molecule is CCNC(=NCC1CCCC(C)C1)N1CCCC(CC(N)=O)C1.I. The molecule has 0 bridgehead atoms. The number of piperidine rings is 1. The van der Waals surface area contributed by atoms with E-state index in [0.717, 1.165) is 56.8 Å². The molecule has 1 aliphatic carbocycles. The lowest BCUT2D eigenvalue weighted by Gasteiger charge is -2.35. The van der Waals surface area contributed by atoms with Crippen LogP contribution in [0.5, 0.6) is 0 Å². The average Bonchev–Trinajstić information content (AvgIpc) is 2.51. The fraction of sp³-hybridized carbons (Fsp3) is 0.889. The molecule has 3 unspecified atom stereocenters. The van der Waals surface area contributed by atoms with Crippen molar-refractivity contribution in [3.8, 4) is 0 Å². The summed E-state index contributed by atoms with van der Waals surface area (Å²) in [6, 6.07) is 0. The molecule has 1 saturated carbocycles. The summed E-state index contributed by atoms with van der Waals surface area (Å²) in [5.41, 5.74) is 5.37. The van der Waals surface area contributed by atoms with Crippen LogP contribution in [0.1, 0.15) is 58.8 Å². The van der Waals surface area contributed by atoms with Crippen molar-refractivity contribution < 1.29 is 4.79 Å². The number of hydrogen-bond donors (Lipinski definition) is 2. The Labute approximate surface area is 164 Å². The van der Waals surface area contributed by atoms with Crippen molar-refractivity contribution in [3.63, 3.8) is 0 Å². The van der Waals surface area contributed by atoms with Gasteiger partial charge in [0.05, 0.1) is 0 Å². The number of carbonyl (C=O) groups excluding carboxylic acids is 1. The number of primary amides is 1. The molecule has 24 heavy (non-hydrogen) atoms. The van der Waals surface area contributed by atoms with Gasteiger partial charge in [-0.2, -0.15) is 0 Å². The smallest absolute Gasteiger partial charge is 0.217 e. The van der Waals surface area contributed by atoms with Crippen molar-refractivity contribution in [1.82, 2.24) is 10.2 Å². The minimum Gasteiger partial charge on any atom is -0.370 e. The third-order valence-corrected chi connectivity index (χ3v) is 5.19. The Morgan fingerprint density at radius 1 is 1.25 bits per heavy atom. The topological polar surface area (TPSA) is 70.7 Å². The minimum atomic E-state index is -0.185. The van der Waals surface area contributed by atoms with Gasteiger partial charge in [0.1, 0.15) is 0 Å². The number of guanidine groups is 1.